The van der Waals surface area contributed by atoms with Crippen molar-refractivity contribution >= 4 is 28.0 Å². The number of anilines is 3. The fourth-order valence-corrected chi connectivity index (χ4v) is 5.58. The lowest BCUT2D eigenvalue weighted by atomic mass is 10.1. The van der Waals surface area contributed by atoms with Crippen molar-refractivity contribution < 1.29 is 14.6 Å². The third kappa shape index (κ3) is 4.37. The lowest BCUT2D eigenvalue weighted by Gasteiger charge is -2.42. The normalized spacial score (nSPS) is 19.1. The summed E-state index contributed by atoms with van der Waals surface area (Å²) < 4.78 is 10.8. The minimum Gasteiger partial charge on any atom is -0.467 e. The molecule has 2 bridgehead atoms. The number of piperazine rings is 1. The number of fused-ring (bicyclic) bond motifs is 2. The fraction of sp³-hybridized carbons (Fsp3) is 0.375. The summed E-state index contributed by atoms with van der Waals surface area (Å²) in [5.41, 5.74) is 9.44. The Bertz CT molecular complexity index is 1210. The molecule has 2 atom stereocenters. The third-order valence-corrected chi connectivity index (χ3v) is 6.98. The summed E-state index contributed by atoms with van der Waals surface area (Å²) in [4.78, 5) is 9.42. The van der Waals surface area contributed by atoms with Gasteiger partial charge < -0.3 is 30.1 Å². The second kappa shape index (κ2) is 9.85. The molecule has 0 spiro atoms. The maximum absolute atomic E-state index is 8.94. The first-order chi connectivity index (χ1) is 16.7. The summed E-state index contributed by atoms with van der Waals surface area (Å²) in [6, 6.07) is 10.4. The number of thiazole rings is 1. The third-order valence-electron chi connectivity index (χ3n) is 6.13. The Morgan fingerprint density at radius 1 is 1.21 bits per heavy atom. The van der Waals surface area contributed by atoms with E-state index in [0.29, 0.717) is 35.0 Å². The molecular weight excluding hydrogens is 452 g/mol. The summed E-state index contributed by atoms with van der Waals surface area (Å²) in [7, 11) is 1.59. The number of methoxy groups -OCH3 is 1. The molecule has 2 unspecified atom stereocenters. The standard InChI is InChI=1S/C24H26N6O3S/c1-32-15-33-22-7-3-2-6-19(22)20-11-21(23(25)28-27-20)29-12-17-8-9-18(13-29)30(17)24-26-16(14-34-24)5-4-10-31/h2-3,6-7,11,14,17-18,31H,8-10,12-13,15H2,1H3,(H2,25,28). The van der Waals surface area contributed by atoms with Crippen LogP contribution in [0.5, 0.6) is 5.75 Å². The zero-order valence-corrected chi connectivity index (χ0v) is 19.7. The van der Waals surface area contributed by atoms with Crippen molar-refractivity contribution in [3.63, 3.8) is 0 Å². The highest BCUT2D eigenvalue weighted by Gasteiger charge is 2.42. The van der Waals surface area contributed by atoms with Gasteiger partial charge in [-0.15, -0.1) is 21.5 Å². The SMILES string of the molecule is COCOc1ccccc1-c1cc(N2CC3CCC(C2)N3c2nc(C#CCO)cs2)c(N)nn1. The first-order valence-electron chi connectivity index (χ1n) is 11.1. The van der Waals surface area contributed by atoms with Crippen molar-refractivity contribution in [2.75, 3.05) is 49.1 Å². The lowest BCUT2D eigenvalue weighted by Crippen LogP contribution is -2.54. The van der Waals surface area contributed by atoms with E-state index in [2.05, 4.69) is 36.8 Å². The molecule has 0 aliphatic carbocycles. The lowest BCUT2D eigenvalue weighted by molar-refractivity contribution is 0.0515. The average Bonchev–Trinajstić information content (AvgIpc) is 3.42. The highest BCUT2D eigenvalue weighted by Crippen LogP contribution is 2.39. The van der Waals surface area contributed by atoms with E-state index in [1.165, 1.54) is 0 Å². The van der Waals surface area contributed by atoms with Gasteiger partial charge in [-0.1, -0.05) is 18.1 Å². The van der Waals surface area contributed by atoms with Crippen LogP contribution in [0.25, 0.3) is 11.3 Å². The Hall–Kier alpha value is -3.39. The summed E-state index contributed by atoms with van der Waals surface area (Å²) >= 11 is 1.60. The molecule has 2 aliphatic rings. The summed E-state index contributed by atoms with van der Waals surface area (Å²) in [5.74, 6) is 6.67. The molecule has 176 valence electrons. The van der Waals surface area contributed by atoms with Crippen LogP contribution in [0.2, 0.25) is 0 Å². The van der Waals surface area contributed by atoms with Gasteiger partial charge in [-0.2, -0.15) is 0 Å². The van der Waals surface area contributed by atoms with Gasteiger partial charge >= 0.3 is 0 Å². The van der Waals surface area contributed by atoms with Gasteiger partial charge in [0.1, 0.15) is 18.1 Å². The van der Waals surface area contributed by atoms with Crippen LogP contribution in [-0.2, 0) is 4.74 Å². The predicted molar refractivity (Wildman–Crippen MR) is 132 cm³/mol. The van der Waals surface area contributed by atoms with Crippen LogP contribution in [0.3, 0.4) is 0 Å². The number of nitrogens with two attached hydrogens (primary N) is 1. The van der Waals surface area contributed by atoms with E-state index in [9.17, 15) is 0 Å². The minimum atomic E-state index is -0.164. The van der Waals surface area contributed by atoms with Gasteiger partial charge in [0.15, 0.2) is 17.7 Å². The molecule has 0 saturated carbocycles. The number of nitrogens with zero attached hydrogens (tertiary/aromatic N) is 5. The Morgan fingerprint density at radius 2 is 2.00 bits per heavy atom. The number of para-hydroxylation sites is 1. The van der Waals surface area contributed by atoms with Crippen molar-refractivity contribution in [1.29, 1.82) is 0 Å². The average molecular weight is 479 g/mol. The molecule has 34 heavy (non-hydrogen) atoms. The molecule has 2 saturated heterocycles. The molecule has 1 aromatic carbocycles. The van der Waals surface area contributed by atoms with Crippen molar-refractivity contribution in [3.05, 3.63) is 41.4 Å². The Kier molecular flexibility index (Phi) is 6.49. The molecule has 0 radical (unpaired) electrons. The van der Waals surface area contributed by atoms with Crippen molar-refractivity contribution in [2.45, 2.75) is 24.9 Å². The molecule has 0 amide bonds. The van der Waals surface area contributed by atoms with E-state index in [1.54, 1.807) is 18.4 Å². The van der Waals surface area contributed by atoms with E-state index in [1.807, 2.05) is 35.7 Å². The van der Waals surface area contributed by atoms with Crippen LogP contribution in [-0.4, -0.2) is 66.0 Å². The molecular formula is C24H26N6O3S. The molecule has 9 nitrogen and oxygen atoms in total. The fourth-order valence-electron chi connectivity index (χ4n) is 4.69. The van der Waals surface area contributed by atoms with Crippen LogP contribution in [0.15, 0.2) is 35.7 Å². The number of benzene rings is 1. The van der Waals surface area contributed by atoms with Crippen molar-refractivity contribution in [3.8, 4) is 28.8 Å². The number of aliphatic hydroxyl groups is 1. The number of rotatable bonds is 6. The minimum absolute atomic E-state index is 0.154. The van der Waals surface area contributed by atoms with Gasteiger partial charge in [0, 0.05) is 43.2 Å². The number of aromatic nitrogens is 3. The van der Waals surface area contributed by atoms with Crippen molar-refractivity contribution in [1.82, 2.24) is 15.2 Å². The molecule has 3 aromatic rings. The zero-order valence-electron chi connectivity index (χ0n) is 18.8. The zero-order chi connectivity index (χ0) is 23.5. The van der Waals surface area contributed by atoms with E-state index in [0.717, 1.165) is 42.3 Å². The van der Waals surface area contributed by atoms with E-state index < -0.39 is 0 Å². The van der Waals surface area contributed by atoms with Gasteiger partial charge in [0.25, 0.3) is 0 Å². The Balaban J connectivity index is 1.39. The highest BCUT2D eigenvalue weighted by molar-refractivity contribution is 7.13. The van der Waals surface area contributed by atoms with Gasteiger partial charge in [-0.3, -0.25) is 0 Å². The maximum Gasteiger partial charge on any atom is 0.188 e. The first kappa shape index (κ1) is 22.4. The molecule has 2 aromatic heterocycles. The van der Waals surface area contributed by atoms with Gasteiger partial charge in [0.05, 0.1) is 11.4 Å². The maximum atomic E-state index is 8.94. The van der Waals surface area contributed by atoms with Gasteiger partial charge in [0.2, 0.25) is 0 Å². The summed E-state index contributed by atoms with van der Waals surface area (Å²) in [6.07, 6.45) is 2.19. The topological polar surface area (TPSA) is 110 Å². The quantitative estimate of drug-likeness (QED) is 0.407. The second-order valence-corrected chi connectivity index (χ2v) is 9.06. The molecule has 2 aliphatic heterocycles. The highest BCUT2D eigenvalue weighted by atomic mass is 32.1. The van der Waals surface area contributed by atoms with E-state index >= 15 is 0 Å². The van der Waals surface area contributed by atoms with E-state index in [4.69, 9.17) is 20.3 Å². The molecule has 3 N–H and O–H groups in total. The Morgan fingerprint density at radius 3 is 2.76 bits per heavy atom. The van der Waals surface area contributed by atoms with Crippen LogP contribution < -0.4 is 20.3 Å². The predicted octanol–water partition coefficient (Wildman–Crippen LogP) is 2.37. The number of nitrogen functional groups attached to an aromatic ring is 1. The van der Waals surface area contributed by atoms with Crippen LogP contribution in [0.1, 0.15) is 18.5 Å². The molecule has 5 rings (SSSR count). The number of aliphatic hydroxyl groups excluding tert-OH is 1. The Labute approximate surface area is 202 Å². The monoisotopic (exact) mass is 478 g/mol. The molecule has 2 fully saturated rings. The number of hydrogen-bond acceptors (Lipinski definition) is 10. The molecule has 10 heteroatoms. The second-order valence-electron chi connectivity index (χ2n) is 8.22. The van der Waals surface area contributed by atoms with E-state index in [-0.39, 0.29) is 13.4 Å². The van der Waals surface area contributed by atoms with Gasteiger partial charge in [-0.25, -0.2) is 4.98 Å². The van der Waals surface area contributed by atoms with Crippen LogP contribution in [0.4, 0.5) is 16.6 Å². The number of ether oxygens (including phenoxy) is 2. The smallest absolute Gasteiger partial charge is 0.188 e. The molecule has 4 heterocycles. The largest absolute Gasteiger partial charge is 0.467 e. The first-order valence-corrected chi connectivity index (χ1v) is 12.0. The summed E-state index contributed by atoms with van der Waals surface area (Å²) in [5, 5.41) is 20.5. The van der Waals surface area contributed by atoms with Crippen LogP contribution in [0, 0.1) is 11.8 Å². The van der Waals surface area contributed by atoms with Crippen LogP contribution >= 0.6 is 11.3 Å². The summed E-state index contributed by atoms with van der Waals surface area (Å²) in [6.45, 7) is 1.64. The van der Waals surface area contributed by atoms with Crippen molar-refractivity contribution in [2.24, 2.45) is 0 Å². The van der Waals surface area contributed by atoms with Gasteiger partial charge in [-0.05, 0) is 37.0 Å². The number of hydrogen-bond donors (Lipinski definition) is 2.